The summed E-state index contributed by atoms with van der Waals surface area (Å²) in [4.78, 5) is 13.5. The first-order chi connectivity index (χ1) is 14.1. The number of hydrazine groups is 1. The van der Waals surface area contributed by atoms with Crippen molar-refractivity contribution >= 4 is 11.6 Å². The normalized spacial score (nSPS) is 16.4. The Labute approximate surface area is 172 Å². The van der Waals surface area contributed by atoms with Crippen LogP contribution in [0, 0.1) is 0 Å². The van der Waals surface area contributed by atoms with Crippen LogP contribution in [-0.2, 0) is 4.74 Å². The SMILES string of the molecule is C=C(c1ccc(OC)c(OC)c1)N(C(=O)c1ccccc1)N1CCC[C@H]1COC. The number of hydrogen-bond donors (Lipinski definition) is 0. The molecule has 1 amide bonds. The van der Waals surface area contributed by atoms with Crippen molar-refractivity contribution in [1.82, 2.24) is 10.0 Å². The lowest BCUT2D eigenvalue weighted by molar-refractivity contribution is -0.00237. The Hall–Kier alpha value is -2.83. The molecule has 154 valence electrons. The summed E-state index contributed by atoms with van der Waals surface area (Å²) in [6.45, 7) is 5.58. The quantitative estimate of drug-likeness (QED) is 0.679. The second kappa shape index (κ2) is 9.58. The van der Waals surface area contributed by atoms with Crippen molar-refractivity contribution in [1.29, 1.82) is 0 Å². The van der Waals surface area contributed by atoms with Gasteiger partial charge in [-0.1, -0.05) is 24.8 Å². The van der Waals surface area contributed by atoms with Gasteiger partial charge in [0.25, 0.3) is 5.91 Å². The molecule has 1 atom stereocenters. The molecule has 2 aromatic rings. The number of methoxy groups -OCH3 is 3. The number of carbonyl (C=O) groups is 1. The minimum absolute atomic E-state index is 0.115. The van der Waals surface area contributed by atoms with Gasteiger partial charge < -0.3 is 14.2 Å². The topological polar surface area (TPSA) is 51.2 Å². The maximum atomic E-state index is 13.5. The Morgan fingerprint density at radius 2 is 1.79 bits per heavy atom. The number of amides is 1. The van der Waals surface area contributed by atoms with Gasteiger partial charge in [-0.25, -0.2) is 10.0 Å². The van der Waals surface area contributed by atoms with E-state index in [-0.39, 0.29) is 11.9 Å². The van der Waals surface area contributed by atoms with E-state index in [2.05, 4.69) is 11.6 Å². The predicted octanol–water partition coefficient (Wildman–Crippen LogP) is 3.84. The molecule has 1 fully saturated rings. The van der Waals surface area contributed by atoms with E-state index in [1.54, 1.807) is 26.3 Å². The van der Waals surface area contributed by atoms with E-state index in [0.717, 1.165) is 24.9 Å². The highest BCUT2D eigenvalue weighted by molar-refractivity contribution is 5.99. The summed E-state index contributed by atoms with van der Waals surface area (Å²) in [6.07, 6.45) is 1.96. The molecule has 6 heteroatoms. The summed E-state index contributed by atoms with van der Waals surface area (Å²) < 4.78 is 16.2. The van der Waals surface area contributed by atoms with Gasteiger partial charge in [0, 0.05) is 24.8 Å². The molecule has 2 aromatic carbocycles. The fourth-order valence-corrected chi connectivity index (χ4v) is 3.68. The van der Waals surface area contributed by atoms with Crippen molar-refractivity contribution in [2.75, 3.05) is 34.5 Å². The fraction of sp³-hybridized carbons (Fsp3) is 0.348. The molecular weight excluding hydrogens is 368 g/mol. The van der Waals surface area contributed by atoms with Crippen LogP contribution in [0.15, 0.2) is 55.1 Å². The second-order valence-corrected chi connectivity index (χ2v) is 6.91. The smallest absolute Gasteiger partial charge is 0.272 e. The zero-order valence-electron chi connectivity index (χ0n) is 17.3. The van der Waals surface area contributed by atoms with Crippen molar-refractivity contribution in [2.24, 2.45) is 0 Å². The minimum Gasteiger partial charge on any atom is -0.493 e. The van der Waals surface area contributed by atoms with E-state index in [1.165, 1.54) is 0 Å². The average Bonchev–Trinajstić information content (AvgIpc) is 3.21. The molecular formula is C23H28N2O4. The van der Waals surface area contributed by atoms with Gasteiger partial charge in [-0.15, -0.1) is 0 Å². The Morgan fingerprint density at radius 3 is 2.45 bits per heavy atom. The van der Waals surface area contributed by atoms with Gasteiger partial charge in [-0.05, 0) is 43.2 Å². The lowest BCUT2D eigenvalue weighted by atomic mass is 10.1. The second-order valence-electron chi connectivity index (χ2n) is 6.91. The van der Waals surface area contributed by atoms with Crippen LogP contribution in [0.5, 0.6) is 11.5 Å². The molecule has 0 spiro atoms. The van der Waals surface area contributed by atoms with Crippen LogP contribution >= 0.6 is 0 Å². The van der Waals surface area contributed by atoms with Crippen LogP contribution in [0.3, 0.4) is 0 Å². The molecule has 1 heterocycles. The highest BCUT2D eigenvalue weighted by Gasteiger charge is 2.34. The lowest BCUT2D eigenvalue weighted by Crippen LogP contribution is -2.49. The molecule has 0 unspecified atom stereocenters. The zero-order chi connectivity index (χ0) is 20.8. The van der Waals surface area contributed by atoms with Gasteiger partial charge in [0.15, 0.2) is 11.5 Å². The van der Waals surface area contributed by atoms with Crippen LogP contribution in [0.1, 0.15) is 28.8 Å². The number of rotatable bonds is 8. The van der Waals surface area contributed by atoms with Crippen LogP contribution in [-0.4, -0.2) is 56.4 Å². The van der Waals surface area contributed by atoms with Gasteiger partial charge in [-0.2, -0.15) is 0 Å². The van der Waals surface area contributed by atoms with Crippen molar-refractivity contribution < 1.29 is 19.0 Å². The van der Waals surface area contributed by atoms with Crippen LogP contribution in [0.2, 0.25) is 0 Å². The first-order valence-electron chi connectivity index (χ1n) is 9.67. The monoisotopic (exact) mass is 396 g/mol. The van der Waals surface area contributed by atoms with Gasteiger partial charge in [-0.3, -0.25) is 4.79 Å². The molecule has 0 radical (unpaired) electrons. The molecule has 6 nitrogen and oxygen atoms in total. The summed E-state index contributed by atoms with van der Waals surface area (Å²) in [7, 11) is 4.87. The molecule has 1 aliphatic rings. The molecule has 0 aromatic heterocycles. The molecule has 0 saturated carbocycles. The van der Waals surface area contributed by atoms with Crippen molar-refractivity contribution in [2.45, 2.75) is 18.9 Å². The van der Waals surface area contributed by atoms with E-state index in [9.17, 15) is 4.79 Å². The van der Waals surface area contributed by atoms with Gasteiger partial charge in [0.1, 0.15) is 0 Å². The van der Waals surface area contributed by atoms with Crippen LogP contribution in [0.25, 0.3) is 5.70 Å². The largest absolute Gasteiger partial charge is 0.493 e. The van der Waals surface area contributed by atoms with Crippen LogP contribution < -0.4 is 9.47 Å². The third-order valence-corrected chi connectivity index (χ3v) is 5.15. The maximum absolute atomic E-state index is 13.5. The Bertz CT molecular complexity index is 853. The summed E-state index contributed by atoms with van der Waals surface area (Å²) >= 11 is 0. The van der Waals surface area contributed by atoms with Crippen molar-refractivity contribution in [3.05, 3.63) is 66.2 Å². The van der Waals surface area contributed by atoms with E-state index in [0.29, 0.717) is 29.4 Å². The molecule has 0 aliphatic carbocycles. The zero-order valence-corrected chi connectivity index (χ0v) is 17.3. The minimum atomic E-state index is -0.117. The number of benzene rings is 2. The summed E-state index contributed by atoms with van der Waals surface area (Å²) in [5.41, 5.74) is 1.98. The van der Waals surface area contributed by atoms with Crippen LogP contribution in [0.4, 0.5) is 0 Å². The van der Waals surface area contributed by atoms with E-state index in [1.807, 2.05) is 48.5 Å². The van der Waals surface area contributed by atoms with E-state index < -0.39 is 0 Å². The van der Waals surface area contributed by atoms with Gasteiger partial charge >= 0.3 is 0 Å². The summed E-state index contributed by atoms with van der Waals surface area (Å²) in [6, 6.07) is 14.9. The molecule has 0 bridgehead atoms. The number of hydrogen-bond acceptors (Lipinski definition) is 5. The Morgan fingerprint density at radius 1 is 1.07 bits per heavy atom. The predicted molar refractivity (Wildman–Crippen MR) is 113 cm³/mol. The number of carbonyl (C=O) groups excluding carboxylic acids is 1. The van der Waals surface area contributed by atoms with Crippen molar-refractivity contribution in [3.63, 3.8) is 0 Å². The first kappa shape index (κ1) is 20.9. The van der Waals surface area contributed by atoms with E-state index in [4.69, 9.17) is 14.2 Å². The first-order valence-corrected chi connectivity index (χ1v) is 9.67. The standard InChI is InChI=1S/C23H28N2O4/c1-17(19-12-13-21(28-3)22(15-19)29-4)25(23(26)18-9-6-5-7-10-18)24-14-8-11-20(24)16-27-2/h5-7,9-10,12-13,15,20H,1,8,11,14,16H2,2-4H3/t20-/m0/s1. The van der Waals surface area contributed by atoms with Crippen molar-refractivity contribution in [3.8, 4) is 11.5 Å². The third-order valence-electron chi connectivity index (χ3n) is 5.15. The molecule has 0 N–H and O–H groups in total. The summed E-state index contributed by atoms with van der Waals surface area (Å²) in [5, 5.41) is 3.76. The summed E-state index contributed by atoms with van der Waals surface area (Å²) in [5.74, 6) is 1.10. The van der Waals surface area contributed by atoms with E-state index >= 15 is 0 Å². The number of ether oxygens (including phenoxy) is 3. The molecule has 1 saturated heterocycles. The third kappa shape index (κ3) is 4.44. The molecule has 3 rings (SSSR count). The number of nitrogens with zero attached hydrogens (tertiary/aromatic N) is 2. The fourth-order valence-electron chi connectivity index (χ4n) is 3.68. The average molecular weight is 396 g/mol. The maximum Gasteiger partial charge on any atom is 0.272 e. The van der Waals surface area contributed by atoms with Gasteiger partial charge in [0.05, 0.1) is 32.6 Å². The highest BCUT2D eigenvalue weighted by Crippen LogP contribution is 2.33. The van der Waals surface area contributed by atoms with Gasteiger partial charge in [0.2, 0.25) is 0 Å². The highest BCUT2D eigenvalue weighted by atomic mass is 16.5. The Balaban J connectivity index is 2.00. The molecule has 1 aliphatic heterocycles. The molecule has 29 heavy (non-hydrogen) atoms. The lowest BCUT2D eigenvalue weighted by Gasteiger charge is -2.37. The Kier molecular flexibility index (Phi) is 6.90.